The third-order valence-electron chi connectivity index (χ3n) is 4.29. The molecule has 6 heteroatoms. The molecule has 26 heavy (non-hydrogen) atoms. The van der Waals surface area contributed by atoms with Crippen molar-refractivity contribution in [3.8, 4) is 16.9 Å². The van der Waals surface area contributed by atoms with Crippen LogP contribution in [-0.4, -0.2) is 24.8 Å². The minimum absolute atomic E-state index is 0. The first-order valence-electron chi connectivity index (χ1n) is 8.20. The first-order valence-corrected chi connectivity index (χ1v) is 8.20. The highest BCUT2D eigenvalue weighted by Crippen LogP contribution is 2.32. The van der Waals surface area contributed by atoms with Crippen molar-refractivity contribution >= 4 is 23.2 Å². The van der Waals surface area contributed by atoms with Crippen LogP contribution in [0.2, 0.25) is 0 Å². The summed E-state index contributed by atoms with van der Waals surface area (Å²) in [6, 6.07) is 15.5. The molecule has 0 atom stereocenters. The van der Waals surface area contributed by atoms with Crippen LogP contribution in [0.25, 0.3) is 21.9 Å². The van der Waals surface area contributed by atoms with E-state index in [1.54, 1.807) is 18.7 Å². The van der Waals surface area contributed by atoms with Gasteiger partial charge in [-0.25, -0.2) is 0 Å². The molecule has 0 radical (unpaired) electrons. The highest BCUT2D eigenvalue weighted by Gasteiger charge is 2.17. The largest absolute Gasteiger partial charge is 0.497 e. The summed E-state index contributed by atoms with van der Waals surface area (Å²) >= 11 is 0. The van der Waals surface area contributed by atoms with Gasteiger partial charge in [-0.15, -0.1) is 12.4 Å². The van der Waals surface area contributed by atoms with Gasteiger partial charge < -0.3 is 19.8 Å². The van der Waals surface area contributed by atoms with E-state index < -0.39 is 0 Å². The molecule has 1 heterocycles. The SMILES string of the molecule is COc1ccc2c(=O)n(C)c(COCCN)c(-c3ccccc3)c2c1.Cl. The van der Waals surface area contributed by atoms with E-state index in [0.29, 0.717) is 30.9 Å². The van der Waals surface area contributed by atoms with Gasteiger partial charge in [0.15, 0.2) is 0 Å². The molecule has 1 aromatic heterocycles. The Hall–Kier alpha value is -2.34. The molecule has 3 rings (SSSR count). The van der Waals surface area contributed by atoms with Crippen LogP contribution in [0.1, 0.15) is 5.69 Å². The fourth-order valence-corrected chi connectivity index (χ4v) is 3.02. The highest BCUT2D eigenvalue weighted by molar-refractivity contribution is 5.98. The van der Waals surface area contributed by atoms with Crippen molar-refractivity contribution in [2.75, 3.05) is 20.3 Å². The molecule has 0 spiro atoms. The Kier molecular flexibility index (Phi) is 6.80. The van der Waals surface area contributed by atoms with Gasteiger partial charge in [-0.1, -0.05) is 30.3 Å². The predicted octanol–water partition coefficient (Wildman–Crippen LogP) is 3.11. The topological polar surface area (TPSA) is 66.5 Å². The van der Waals surface area contributed by atoms with Gasteiger partial charge in [-0.3, -0.25) is 4.79 Å². The van der Waals surface area contributed by atoms with Crippen molar-refractivity contribution in [2.24, 2.45) is 12.8 Å². The van der Waals surface area contributed by atoms with Gasteiger partial charge in [0.1, 0.15) is 5.75 Å². The summed E-state index contributed by atoms with van der Waals surface area (Å²) in [5.74, 6) is 0.715. The van der Waals surface area contributed by atoms with E-state index in [1.165, 1.54) is 0 Å². The average molecular weight is 375 g/mol. The summed E-state index contributed by atoms with van der Waals surface area (Å²) in [6.07, 6.45) is 0. The van der Waals surface area contributed by atoms with Crippen LogP contribution in [0.3, 0.4) is 0 Å². The quantitative estimate of drug-likeness (QED) is 0.673. The van der Waals surface area contributed by atoms with Crippen molar-refractivity contribution in [2.45, 2.75) is 6.61 Å². The first kappa shape index (κ1) is 20.0. The maximum Gasteiger partial charge on any atom is 0.258 e. The number of nitrogens with zero attached hydrogens (tertiary/aromatic N) is 1. The minimum Gasteiger partial charge on any atom is -0.497 e. The molecule has 0 saturated carbocycles. The van der Waals surface area contributed by atoms with Gasteiger partial charge in [-0.2, -0.15) is 0 Å². The lowest BCUT2D eigenvalue weighted by atomic mass is 9.97. The van der Waals surface area contributed by atoms with Crippen molar-refractivity contribution < 1.29 is 9.47 Å². The molecule has 0 aliphatic carbocycles. The number of pyridine rings is 1. The zero-order chi connectivity index (χ0) is 17.8. The van der Waals surface area contributed by atoms with E-state index in [2.05, 4.69) is 0 Å². The van der Waals surface area contributed by atoms with Crippen LogP contribution in [0.4, 0.5) is 0 Å². The summed E-state index contributed by atoms with van der Waals surface area (Å²) in [6.45, 7) is 1.20. The molecular weight excluding hydrogens is 352 g/mol. The van der Waals surface area contributed by atoms with Crippen LogP contribution in [-0.2, 0) is 18.4 Å². The minimum atomic E-state index is -0.0521. The molecule has 0 aliphatic rings. The Morgan fingerprint density at radius 2 is 1.81 bits per heavy atom. The van der Waals surface area contributed by atoms with Gasteiger partial charge in [0, 0.05) is 29.9 Å². The molecule has 138 valence electrons. The third kappa shape index (κ3) is 3.75. The molecule has 0 bridgehead atoms. The van der Waals surface area contributed by atoms with Crippen molar-refractivity contribution in [1.29, 1.82) is 0 Å². The highest BCUT2D eigenvalue weighted by atomic mass is 35.5. The summed E-state index contributed by atoms with van der Waals surface area (Å²) in [7, 11) is 3.40. The molecule has 5 nitrogen and oxygen atoms in total. The molecular formula is C20H23ClN2O3. The predicted molar refractivity (Wildman–Crippen MR) is 107 cm³/mol. The van der Waals surface area contributed by atoms with E-state index in [-0.39, 0.29) is 18.0 Å². The van der Waals surface area contributed by atoms with Gasteiger partial charge >= 0.3 is 0 Å². The zero-order valence-electron chi connectivity index (χ0n) is 14.9. The Bertz CT molecular complexity index is 939. The van der Waals surface area contributed by atoms with Crippen LogP contribution < -0.4 is 16.0 Å². The summed E-state index contributed by atoms with van der Waals surface area (Å²) < 4.78 is 12.7. The molecule has 2 N–H and O–H groups in total. The second-order valence-corrected chi connectivity index (χ2v) is 5.80. The van der Waals surface area contributed by atoms with Crippen LogP contribution in [0.15, 0.2) is 53.3 Å². The molecule has 0 unspecified atom stereocenters. The van der Waals surface area contributed by atoms with E-state index in [9.17, 15) is 4.79 Å². The smallest absolute Gasteiger partial charge is 0.258 e. The second kappa shape index (κ2) is 8.85. The second-order valence-electron chi connectivity index (χ2n) is 5.80. The molecule has 0 amide bonds. The summed E-state index contributed by atoms with van der Waals surface area (Å²) in [4.78, 5) is 12.8. The average Bonchev–Trinajstić information content (AvgIpc) is 2.66. The number of ether oxygens (including phenoxy) is 2. The Morgan fingerprint density at radius 3 is 2.46 bits per heavy atom. The van der Waals surface area contributed by atoms with E-state index in [0.717, 1.165) is 22.2 Å². The van der Waals surface area contributed by atoms with Crippen molar-refractivity contribution in [1.82, 2.24) is 4.57 Å². The summed E-state index contributed by atoms with van der Waals surface area (Å²) in [5, 5.41) is 1.52. The van der Waals surface area contributed by atoms with Crippen molar-refractivity contribution in [3.05, 3.63) is 64.6 Å². The van der Waals surface area contributed by atoms with Gasteiger partial charge in [0.25, 0.3) is 5.56 Å². The molecule has 0 aliphatic heterocycles. The standard InChI is InChI=1S/C20H22N2O3.ClH/c1-22-18(13-25-11-10-21)19(14-6-4-3-5-7-14)17-12-15(24-2)8-9-16(17)20(22)23;/h3-9,12H,10-11,13,21H2,1-2H3;1H. The van der Waals surface area contributed by atoms with Crippen LogP contribution in [0, 0.1) is 0 Å². The number of rotatable bonds is 6. The van der Waals surface area contributed by atoms with E-state index in [4.69, 9.17) is 15.2 Å². The number of aromatic nitrogens is 1. The van der Waals surface area contributed by atoms with Gasteiger partial charge in [0.05, 0.1) is 26.0 Å². The number of hydrogen-bond donors (Lipinski definition) is 1. The maximum absolute atomic E-state index is 12.8. The fourth-order valence-electron chi connectivity index (χ4n) is 3.02. The van der Waals surface area contributed by atoms with Crippen molar-refractivity contribution in [3.63, 3.8) is 0 Å². The van der Waals surface area contributed by atoms with Crippen LogP contribution in [0.5, 0.6) is 5.75 Å². The van der Waals surface area contributed by atoms with Crippen LogP contribution >= 0.6 is 12.4 Å². The number of hydrogen-bond acceptors (Lipinski definition) is 4. The number of benzene rings is 2. The van der Waals surface area contributed by atoms with E-state index >= 15 is 0 Å². The number of halogens is 1. The lowest BCUT2D eigenvalue weighted by molar-refractivity contribution is 0.123. The lowest BCUT2D eigenvalue weighted by Crippen LogP contribution is -2.23. The Labute approximate surface area is 158 Å². The van der Waals surface area contributed by atoms with Gasteiger partial charge in [0.2, 0.25) is 0 Å². The number of methoxy groups -OCH3 is 1. The molecule has 0 saturated heterocycles. The zero-order valence-corrected chi connectivity index (χ0v) is 15.7. The third-order valence-corrected chi connectivity index (χ3v) is 4.29. The molecule has 2 aromatic carbocycles. The maximum atomic E-state index is 12.8. The van der Waals surface area contributed by atoms with E-state index in [1.807, 2.05) is 48.5 Å². The molecule has 0 fully saturated rings. The first-order chi connectivity index (χ1) is 12.2. The fraction of sp³-hybridized carbons (Fsp3) is 0.250. The molecule has 3 aromatic rings. The Balaban J connectivity index is 0.00000243. The normalized spacial score (nSPS) is 10.6. The number of fused-ring (bicyclic) bond motifs is 1. The number of nitrogens with two attached hydrogens (primary N) is 1. The summed E-state index contributed by atoms with van der Waals surface area (Å²) in [5.41, 5.74) is 8.31. The lowest BCUT2D eigenvalue weighted by Gasteiger charge is -2.18. The monoisotopic (exact) mass is 374 g/mol. The Morgan fingerprint density at radius 1 is 1.08 bits per heavy atom. The van der Waals surface area contributed by atoms with Gasteiger partial charge in [-0.05, 0) is 23.8 Å².